The highest BCUT2D eigenvalue weighted by atomic mass is 19.1. The minimum atomic E-state index is -0.479. The van der Waals surface area contributed by atoms with Crippen LogP contribution in [0.2, 0.25) is 0 Å². The van der Waals surface area contributed by atoms with Gasteiger partial charge in [0.05, 0.1) is 29.2 Å². The summed E-state index contributed by atoms with van der Waals surface area (Å²) < 4.78 is 15.8. The summed E-state index contributed by atoms with van der Waals surface area (Å²) in [5, 5.41) is 7.36. The maximum absolute atomic E-state index is 14.1. The fourth-order valence-electron chi connectivity index (χ4n) is 3.33. The van der Waals surface area contributed by atoms with Crippen LogP contribution in [0.5, 0.6) is 0 Å². The van der Waals surface area contributed by atoms with E-state index in [4.69, 9.17) is 0 Å². The topological polar surface area (TPSA) is 46.9 Å². The summed E-state index contributed by atoms with van der Waals surface area (Å²) in [6.45, 7) is 1.76. The zero-order valence-corrected chi connectivity index (χ0v) is 15.9. The summed E-state index contributed by atoms with van der Waals surface area (Å²) in [5.74, 6) is -0.648. The standard InChI is InChI=1S/C24H20FN3O/c1-17(20-14-8-9-15-22(20)25)27-24(29)21-16-26-28(19-12-6-3-7-13-19)23(21)18-10-4-2-5-11-18/h2-17H,1H3,(H,27,29). The number of nitrogens with zero attached hydrogens (tertiary/aromatic N) is 2. The molecule has 4 rings (SSSR count). The molecule has 1 amide bonds. The number of carbonyl (C=O) groups is 1. The van der Waals surface area contributed by atoms with Crippen molar-refractivity contribution < 1.29 is 9.18 Å². The van der Waals surface area contributed by atoms with E-state index >= 15 is 0 Å². The molecular formula is C24H20FN3O. The summed E-state index contributed by atoms with van der Waals surface area (Å²) in [6.07, 6.45) is 1.55. The van der Waals surface area contributed by atoms with E-state index < -0.39 is 6.04 Å². The van der Waals surface area contributed by atoms with Crippen LogP contribution in [0.4, 0.5) is 4.39 Å². The van der Waals surface area contributed by atoms with Gasteiger partial charge in [-0.25, -0.2) is 9.07 Å². The summed E-state index contributed by atoms with van der Waals surface area (Å²) in [4.78, 5) is 13.1. The highest BCUT2D eigenvalue weighted by Gasteiger charge is 2.22. The summed E-state index contributed by atoms with van der Waals surface area (Å²) >= 11 is 0. The van der Waals surface area contributed by atoms with Crippen LogP contribution in [0.25, 0.3) is 16.9 Å². The molecule has 0 aliphatic rings. The van der Waals surface area contributed by atoms with Crippen molar-refractivity contribution in [3.8, 4) is 16.9 Å². The quantitative estimate of drug-likeness (QED) is 0.515. The molecule has 1 heterocycles. The molecule has 5 heteroatoms. The van der Waals surface area contributed by atoms with Gasteiger partial charge in [-0.1, -0.05) is 66.7 Å². The number of nitrogens with one attached hydrogen (secondary N) is 1. The lowest BCUT2D eigenvalue weighted by molar-refractivity contribution is 0.0940. The third-order valence-electron chi connectivity index (χ3n) is 4.78. The second-order valence-electron chi connectivity index (χ2n) is 6.74. The Labute approximate surface area is 168 Å². The molecule has 1 aromatic heterocycles. The van der Waals surface area contributed by atoms with Crippen LogP contribution < -0.4 is 5.32 Å². The smallest absolute Gasteiger partial charge is 0.255 e. The summed E-state index contributed by atoms with van der Waals surface area (Å²) in [5.41, 5.74) is 3.29. The normalized spacial score (nSPS) is 11.8. The van der Waals surface area contributed by atoms with Gasteiger partial charge in [0, 0.05) is 11.1 Å². The van der Waals surface area contributed by atoms with Crippen molar-refractivity contribution in [3.63, 3.8) is 0 Å². The lowest BCUT2D eigenvalue weighted by Crippen LogP contribution is -2.27. The van der Waals surface area contributed by atoms with E-state index in [1.807, 2.05) is 60.7 Å². The molecule has 1 N–H and O–H groups in total. The molecule has 0 spiro atoms. The molecule has 0 aliphatic heterocycles. The number of para-hydroxylation sites is 1. The van der Waals surface area contributed by atoms with Gasteiger partial charge >= 0.3 is 0 Å². The fourth-order valence-corrected chi connectivity index (χ4v) is 3.33. The van der Waals surface area contributed by atoms with Gasteiger partial charge in [-0.2, -0.15) is 5.10 Å². The van der Waals surface area contributed by atoms with Crippen LogP contribution >= 0.6 is 0 Å². The Morgan fingerprint density at radius 1 is 0.931 bits per heavy atom. The van der Waals surface area contributed by atoms with Crippen LogP contribution in [-0.2, 0) is 0 Å². The molecule has 0 radical (unpaired) electrons. The first kappa shape index (κ1) is 18.6. The molecule has 144 valence electrons. The van der Waals surface area contributed by atoms with E-state index in [0.29, 0.717) is 16.8 Å². The summed E-state index contributed by atoms with van der Waals surface area (Å²) in [7, 11) is 0. The van der Waals surface area contributed by atoms with Crippen molar-refractivity contribution in [2.75, 3.05) is 0 Å². The molecule has 4 nitrogen and oxygen atoms in total. The van der Waals surface area contributed by atoms with Gasteiger partial charge in [0.25, 0.3) is 5.91 Å². The van der Waals surface area contributed by atoms with Gasteiger partial charge in [-0.15, -0.1) is 0 Å². The highest BCUT2D eigenvalue weighted by molar-refractivity contribution is 6.00. The molecule has 0 aliphatic carbocycles. The first-order valence-electron chi connectivity index (χ1n) is 9.39. The maximum Gasteiger partial charge on any atom is 0.255 e. The number of hydrogen-bond donors (Lipinski definition) is 1. The molecule has 0 saturated heterocycles. The van der Waals surface area contributed by atoms with Crippen molar-refractivity contribution >= 4 is 5.91 Å². The Bertz CT molecular complexity index is 1120. The van der Waals surface area contributed by atoms with Crippen LogP contribution in [0, 0.1) is 5.82 Å². The number of amides is 1. The predicted octanol–water partition coefficient (Wildman–Crippen LogP) is 5.17. The molecule has 0 bridgehead atoms. The van der Waals surface area contributed by atoms with E-state index in [-0.39, 0.29) is 11.7 Å². The lowest BCUT2D eigenvalue weighted by Gasteiger charge is -2.16. The second-order valence-corrected chi connectivity index (χ2v) is 6.74. The molecule has 4 aromatic rings. The van der Waals surface area contributed by atoms with Gasteiger partial charge < -0.3 is 5.32 Å². The van der Waals surface area contributed by atoms with Crippen LogP contribution in [0.3, 0.4) is 0 Å². The largest absolute Gasteiger partial charge is 0.345 e. The maximum atomic E-state index is 14.1. The van der Waals surface area contributed by atoms with E-state index in [9.17, 15) is 9.18 Å². The van der Waals surface area contributed by atoms with Crippen molar-refractivity contribution in [2.24, 2.45) is 0 Å². The molecule has 1 atom stereocenters. The van der Waals surface area contributed by atoms with Crippen molar-refractivity contribution in [1.82, 2.24) is 15.1 Å². The van der Waals surface area contributed by atoms with Gasteiger partial charge in [0.15, 0.2) is 0 Å². The molecule has 0 fully saturated rings. The zero-order valence-electron chi connectivity index (χ0n) is 15.9. The van der Waals surface area contributed by atoms with E-state index in [2.05, 4.69) is 10.4 Å². The van der Waals surface area contributed by atoms with Crippen LogP contribution in [0.1, 0.15) is 28.9 Å². The van der Waals surface area contributed by atoms with Gasteiger partial charge in [-0.05, 0) is 25.1 Å². The molecule has 29 heavy (non-hydrogen) atoms. The average molecular weight is 385 g/mol. The predicted molar refractivity (Wildman–Crippen MR) is 111 cm³/mol. The zero-order chi connectivity index (χ0) is 20.2. The second kappa shape index (κ2) is 8.10. The number of aromatic nitrogens is 2. The Balaban J connectivity index is 1.73. The van der Waals surface area contributed by atoms with Crippen LogP contribution in [0.15, 0.2) is 91.1 Å². The van der Waals surface area contributed by atoms with E-state index in [0.717, 1.165) is 11.3 Å². The molecular weight excluding hydrogens is 365 g/mol. The summed E-state index contributed by atoms with van der Waals surface area (Å²) in [6, 6.07) is 25.2. The number of carbonyl (C=O) groups excluding carboxylic acids is 1. The Morgan fingerprint density at radius 2 is 1.55 bits per heavy atom. The van der Waals surface area contributed by atoms with E-state index in [1.54, 1.807) is 36.0 Å². The first-order valence-corrected chi connectivity index (χ1v) is 9.39. The van der Waals surface area contributed by atoms with E-state index in [1.165, 1.54) is 6.07 Å². The average Bonchev–Trinajstić information content (AvgIpc) is 3.20. The van der Waals surface area contributed by atoms with Gasteiger partial charge in [0.2, 0.25) is 0 Å². The number of rotatable bonds is 5. The SMILES string of the molecule is CC(NC(=O)c1cnn(-c2ccccc2)c1-c1ccccc1)c1ccccc1F. The third kappa shape index (κ3) is 3.80. The van der Waals surface area contributed by atoms with Crippen LogP contribution in [-0.4, -0.2) is 15.7 Å². The molecule has 1 unspecified atom stereocenters. The van der Waals surface area contributed by atoms with Crippen molar-refractivity contribution in [1.29, 1.82) is 0 Å². The number of hydrogen-bond acceptors (Lipinski definition) is 2. The Hall–Kier alpha value is -3.73. The molecule has 0 saturated carbocycles. The highest BCUT2D eigenvalue weighted by Crippen LogP contribution is 2.27. The minimum absolute atomic E-state index is 0.304. The van der Waals surface area contributed by atoms with Gasteiger partial charge in [0.1, 0.15) is 5.82 Å². The lowest BCUT2D eigenvalue weighted by atomic mass is 10.0. The number of benzene rings is 3. The monoisotopic (exact) mass is 385 g/mol. The Morgan fingerprint density at radius 3 is 2.24 bits per heavy atom. The fraction of sp³-hybridized carbons (Fsp3) is 0.0833. The van der Waals surface area contributed by atoms with Gasteiger partial charge in [-0.3, -0.25) is 4.79 Å². The third-order valence-corrected chi connectivity index (χ3v) is 4.78. The number of halogens is 1. The van der Waals surface area contributed by atoms with Crippen molar-refractivity contribution in [3.05, 3.63) is 108 Å². The first-order chi connectivity index (χ1) is 14.1. The molecule has 3 aromatic carbocycles. The van der Waals surface area contributed by atoms with Crippen molar-refractivity contribution in [2.45, 2.75) is 13.0 Å². The Kier molecular flexibility index (Phi) is 5.20. The minimum Gasteiger partial charge on any atom is -0.345 e.